The van der Waals surface area contributed by atoms with Gasteiger partial charge in [0.25, 0.3) is 0 Å². The third-order valence-electron chi connectivity index (χ3n) is 6.47. The molecule has 1 unspecified atom stereocenters. The smallest absolute Gasteiger partial charge is 0.305 e. The average molecular weight is 459 g/mol. The van der Waals surface area contributed by atoms with E-state index in [0.717, 1.165) is 19.3 Å². The molecule has 0 aromatic heterocycles. The summed E-state index contributed by atoms with van der Waals surface area (Å²) in [4.78, 5) is 11.8. The third kappa shape index (κ3) is 14.5. The predicted octanol–water partition coefficient (Wildman–Crippen LogP) is 5.05. The van der Waals surface area contributed by atoms with Crippen molar-refractivity contribution in [3.63, 3.8) is 0 Å². The number of ether oxygens (including phenoxy) is 2. The van der Waals surface area contributed by atoms with Gasteiger partial charge in [-0.1, -0.05) is 110 Å². The van der Waals surface area contributed by atoms with Gasteiger partial charge in [-0.25, -0.2) is 0 Å². The molecular weight excluding hydrogens is 408 g/mol. The molecule has 0 spiro atoms. The van der Waals surface area contributed by atoms with Crippen molar-refractivity contribution in [2.75, 3.05) is 13.2 Å². The molecule has 1 aliphatic heterocycles. The average Bonchev–Trinajstić information content (AvgIpc) is 3.12. The van der Waals surface area contributed by atoms with Crippen LogP contribution in [0.4, 0.5) is 0 Å². The third-order valence-corrected chi connectivity index (χ3v) is 6.47. The Hall–Kier alpha value is -0.690. The Morgan fingerprint density at radius 3 is 1.66 bits per heavy atom. The van der Waals surface area contributed by atoms with Crippen molar-refractivity contribution in [2.24, 2.45) is 0 Å². The quantitative estimate of drug-likeness (QED) is 0.164. The molecule has 0 aromatic carbocycles. The summed E-state index contributed by atoms with van der Waals surface area (Å²) in [5.41, 5.74) is 0. The van der Waals surface area contributed by atoms with Gasteiger partial charge in [0, 0.05) is 6.42 Å². The molecule has 1 heterocycles. The number of carbonyl (C=O) groups excluding carboxylic acids is 1. The lowest BCUT2D eigenvalue weighted by Crippen LogP contribution is -2.41. The molecule has 1 saturated heterocycles. The highest BCUT2D eigenvalue weighted by molar-refractivity contribution is 5.69. The molecule has 0 bridgehead atoms. The van der Waals surface area contributed by atoms with E-state index < -0.39 is 24.4 Å². The summed E-state index contributed by atoms with van der Waals surface area (Å²) in [6.07, 6.45) is 18.3. The summed E-state index contributed by atoms with van der Waals surface area (Å²) in [5, 5.41) is 29.0. The Labute approximate surface area is 196 Å². The Balaban J connectivity index is 1.80. The van der Waals surface area contributed by atoms with Crippen LogP contribution in [0.25, 0.3) is 0 Å². The molecule has 1 aliphatic rings. The highest BCUT2D eigenvalue weighted by Gasteiger charge is 2.39. The van der Waals surface area contributed by atoms with Crippen molar-refractivity contribution in [1.29, 1.82) is 0 Å². The number of esters is 1. The fourth-order valence-electron chi connectivity index (χ4n) is 4.30. The molecule has 0 aromatic rings. The summed E-state index contributed by atoms with van der Waals surface area (Å²) in [7, 11) is 0. The monoisotopic (exact) mass is 458 g/mol. The van der Waals surface area contributed by atoms with Crippen molar-refractivity contribution in [1.82, 2.24) is 0 Å². The maximum Gasteiger partial charge on any atom is 0.305 e. The van der Waals surface area contributed by atoms with E-state index in [1.807, 2.05) is 0 Å². The van der Waals surface area contributed by atoms with Crippen LogP contribution in [-0.2, 0) is 14.3 Å². The SMILES string of the molecule is CCCCCCCCCCCCCCCCCCCC(=O)OCC(O)[C@H]1OC[C@@H](O)[C@@H]1O. The van der Waals surface area contributed by atoms with E-state index in [4.69, 9.17) is 9.47 Å². The van der Waals surface area contributed by atoms with Crippen LogP contribution in [0.1, 0.15) is 122 Å². The maximum absolute atomic E-state index is 11.8. The molecule has 4 atom stereocenters. The number of rotatable bonds is 21. The number of aliphatic hydroxyl groups is 3. The summed E-state index contributed by atoms with van der Waals surface area (Å²) >= 11 is 0. The predicted molar refractivity (Wildman–Crippen MR) is 127 cm³/mol. The van der Waals surface area contributed by atoms with Crippen LogP contribution in [-0.4, -0.2) is 58.9 Å². The van der Waals surface area contributed by atoms with E-state index in [1.54, 1.807) is 0 Å². The summed E-state index contributed by atoms with van der Waals surface area (Å²) in [6.45, 7) is 2.03. The first kappa shape index (κ1) is 29.3. The van der Waals surface area contributed by atoms with Crippen LogP contribution in [0.2, 0.25) is 0 Å². The molecule has 190 valence electrons. The van der Waals surface area contributed by atoms with Crippen molar-refractivity contribution < 1.29 is 29.6 Å². The molecule has 1 rings (SSSR count). The topological polar surface area (TPSA) is 96.2 Å². The largest absolute Gasteiger partial charge is 0.463 e. The second-order valence-electron chi connectivity index (χ2n) is 9.51. The van der Waals surface area contributed by atoms with Crippen LogP contribution < -0.4 is 0 Å². The Bertz CT molecular complexity index is 444. The van der Waals surface area contributed by atoms with Gasteiger partial charge in [0.15, 0.2) is 0 Å². The minimum Gasteiger partial charge on any atom is -0.463 e. The molecule has 1 fully saturated rings. The van der Waals surface area contributed by atoms with Crippen molar-refractivity contribution >= 4 is 5.97 Å². The molecule has 0 aliphatic carbocycles. The van der Waals surface area contributed by atoms with Crippen molar-refractivity contribution in [2.45, 2.75) is 147 Å². The number of unbranched alkanes of at least 4 members (excludes halogenated alkanes) is 16. The van der Waals surface area contributed by atoms with Crippen LogP contribution in [0, 0.1) is 0 Å². The van der Waals surface area contributed by atoms with E-state index in [1.165, 1.54) is 89.9 Å². The van der Waals surface area contributed by atoms with Crippen molar-refractivity contribution in [3.05, 3.63) is 0 Å². The van der Waals surface area contributed by atoms with E-state index in [0.29, 0.717) is 6.42 Å². The van der Waals surface area contributed by atoms with E-state index in [2.05, 4.69) is 6.92 Å². The molecule has 0 amide bonds. The first-order chi connectivity index (χ1) is 15.6. The van der Waals surface area contributed by atoms with E-state index in [9.17, 15) is 20.1 Å². The Morgan fingerprint density at radius 2 is 1.25 bits per heavy atom. The molecule has 0 radical (unpaired) electrons. The van der Waals surface area contributed by atoms with Gasteiger partial charge in [0.2, 0.25) is 0 Å². The van der Waals surface area contributed by atoms with Gasteiger partial charge >= 0.3 is 5.97 Å². The minimum absolute atomic E-state index is 0.0178. The van der Waals surface area contributed by atoms with Gasteiger partial charge < -0.3 is 24.8 Å². The fourth-order valence-corrected chi connectivity index (χ4v) is 4.30. The number of carbonyl (C=O) groups is 1. The van der Waals surface area contributed by atoms with Gasteiger partial charge in [0.05, 0.1) is 6.61 Å². The van der Waals surface area contributed by atoms with Gasteiger partial charge in [-0.3, -0.25) is 4.79 Å². The second kappa shape index (κ2) is 19.7. The number of aliphatic hydroxyl groups excluding tert-OH is 3. The number of hydrogen-bond acceptors (Lipinski definition) is 6. The number of hydrogen-bond donors (Lipinski definition) is 3. The van der Waals surface area contributed by atoms with Crippen LogP contribution in [0.15, 0.2) is 0 Å². The molecule has 6 nitrogen and oxygen atoms in total. The normalized spacial score (nSPS) is 21.7. The van der Waals surface area contributed by atoms with Crippen LogP contribution >= 0.6 is 0 Å². The standard InChI is InChI=1S/C26H50O6/c1-2-3-4-5-6-7-8-9-10-11-12-13-14-15-16-17-18-19-24(29)31-21-23(28)26-25(30)22(27)20-32-26/h22-23,25-28,30H,2-21H2,1H3/t22-,23?,25+,26-/m1/s1. The summed E-state index contributed by atoms with van der Waals surface area (Å²) in [5.74, 6) is -0.335. The summed E-state index contributed by atoms with van der Waals surface area (Å²) < 4.78 is 10.2. The molecule has 6 heteroatoms. The first-order valence-corrected chi connectivity index (χ1v) is 13.4. The van der Waals surface area contributed by atoms with Crippen LogP contribution in [0.5, 0.6) is 0 Å². The molecule has 32 heavy (non-hydrogen) atoms. The van der Waals surface area contributed by atoms with Gasteiger partial charge in [-0.2, -0.15) is 0 Å². The maximum atomic E-state index is 11.8. The lowest BCUT2D eigenvalue weighted by atomic mass is 10.0. The lowest BCUT2D eigenvalue weighted by Gasteiger charge is -2.20. The molecule has 0 saturated carbocycles. The molecule has 3 N–H and O–H groups in total. The fraction of sp³-hybridized carbons (Fsp3) is 0.962. The zero-order valence-corrected chi connectivity index (χ0v) is 20.5. The highest BCUT2D eigenvalue weighted by Crippen LogP contribution is 2.18. The van der Waals surface area contributed by atoms with E-state index in [-0.39, 0.29) is 19.2 Å². The zero-order chi connectivity index (χ0) is 23.4. The van der Waals surface area contributed by atoms with Gasteiger partial charge in [0.1, 0.15) is 31.0 Å². The first-order valence-electron chi connectivity index (χ1n) is 13.4. The Morgan fingerprint density at radius 1 is 0.812 bits per heavy atom. The second-order valence-corrected chi connectivity index (χ2v) is 9.51. The van der Waals surface area contributed by atoms with Crippen molar-refractivity contribution in [3.8, 4) is 0 Å². The van der Waals surface area contributed by atoms with E-state index >= 15 is 0 Å². The Kier molecular flexibility index (Phi) is 18.1. The minimum atomic E-state index is -1.14. The lowest BCUT2D eigenvalue weighted by molar-refractivity contribution is -0.151. The summed E-state index contributed by atoms with van der Waals surface area (Å²) in [6, 6.07) is 0. The van der Waals surface area contributed by atoms with Gasteiger partial charge in [-0.15, -0.1) is 0 Å². The zero-order valence-electron chi connectivity index (χ0n) is 20.5. The highest BCUT2D eigenvalue weighted by atomic mass is 16.6. The van der Waals surface area contributed by atoms with Crippen LogP contribution in [0.3, 0.4) is 0 Å². The molecular formula is C26H50O6. The van der Waals surface area contributed by atoms with Gasteiger partial charge in [-0.05, 0) is 6.42 Å².